The predicted octanol–water partition coefficient (Wildman–Crippen LogP) is 0.848. The van der Waals surface area contributed by atoms with Crippen molar-refractivity contribution in [2.45, 2.75) is 45.3 Å². The lowest BCUT2D eigenvalue weighted by Gasteiger charge is -2.32. The molecule has 4 heteroatoms. The summed E-state index contributed by atoms with van der Waals surface area (Å²) in [6.07, 6.45) is 3.26. The number of hydrogen-bond donors (Lipinski definition) is 2. The second kappa shape index (κ2) is 8.86. The lowest BCUT2D eigenvalue weighted by atomic mass is 10.0. The van der Waals surface area contributed by atoms with Gasteiger partial charge in [-0.05, 0) is 45.8 Å². The largest absolute Gasteiger partial charge is 0.389 e. The maximum absolute atomic E-state index is 9.65. The topological polar surface area (TPSA) is 44.7 Å². The Balaban J connectivity index is 2.05. The summed E-state index contributed by atoms with van der Waals surface area (Å²) in [6, 6.07) is 0.569. The molecule has 1 fully saturated rings. The molecule has 0 aliphatic carbocycles. The van der Waals surface area contributed by atoms with Crippen LogP contribution in [0.5, 0.6) is 0 Å². The monoisotopic (exact) mass is 244 g/mol. The van der Waals surface area contributed by atoms with Crippen LogP contribution in [0, 0.1) is 0 Å². The van der Waals surface area contributed by atoms with E-state index >= 15 is 0 Å². The smallest absolute Gasteiger partial charge is 0.0897 e. The highest BCUT2D eigenvalue weighted by Crippen LogP contribution is 2.10. The number of aliphatic hydroxyl groups excluding tert-OH is 1. The van der Waals surface area contributed by atoms with Gasteiger partial charge in [0, 0.05) is 19.2 Å². The summed E-state index contributed by atoms with van der Waals surface area (Å²) in [7, 11) is 0. The Hall–Kier alpha value is -0.160. The maximum atomic E-state index is 9.65. The van der Waals surface area contributed by atoms with Crippen LogP contribution in [-0.4, -0.2) is 61.5 Å². The van der Waals surface area contributed by atoms with E-state index in [4.69, 9.17) is 4.74 Å². The Morgan fingerprint density at radius 3 is 2.65 bits per heavy atom. The molecule has 0 amide bonds. The summed E-state index contributed by atoms with van der Waals surface area (Å²) in [6.45, 7) is 9.54. The number of likely N-dealkylation sites (tertiary alicyclic amines) is 1. The van der Waals surface area contributed by atoms with E-state index in [2.05, 4.69) is 17.1 Å². The lowest BCUT2D eigenvalue weighted by Crippen LogP contribution is -2.45. The van der Waals surface area contributed by atoms with Crippen molar-refractivity contribution in [3.8, 4) is 0 Å². The first kappa shape index (κ1) is 14.9. The van der Waals surface area contributed by atoms with Crippen molar-refractivity contribution in [1.82, 2.24) is 10.2 Å². The van der Waals surface area contributed by atoms with Gasteiger partial charge in [-0.1, -0.05) is 6.92 Å². The number of piperidine rings is 1. The molecular formula is C13H28N2O2. The van der Waals surface area contributed by atoms with Gasteiger partial charge in [0.05, 0.1) is 12.7 Å². The average Bonchev–Trinajstić information content (AvgIpc) is 2.36. The molecule has 1 atom stereocenters. The summed E-state index contributed by atoms with van der Waals surface area (Å²) in [4.78, 5) is 2.52. The van der Waals surface area contributed by atoms with E-state index in [1.54, 1.807) is 0 Å². The maximum Gasteiger partial charge on any atom is 0.0897 e. The van der Waals surface area contributed by atoms with E-state index in [1.165, 1.54) is 38.9 Å². The first-order valence-corrected chi connectivity index (χ1v) is 6.97. The molecule has 1 rings (SSSR count). The minimum absolute atomic E-state index is 0.372. The van der Waals surface area contributed by atoms with Crippen LogP contribution in [-0.2, 0) is 4.74 Å². The fraction of sp³-hybridized carbons (Fsp3) is 1.00. The molecule has 0 spiro atoms. The van der Waals surface area contributed by atoms with Gasteiger partial charge in [-0.15, -0.1) is 0 Å². The fourth-order valence-electron chi connectivity index (χ4n) is 2.29. The van der Waals surface area contributed by atoms with Crippen molar-refractivity contribution >= 4 is 0 Å². The zero-order chi connectivity index (χ0) is 12.5. The molecule has 0 radical (unpaired) electrons. The molecule has 0 aromatic heterocycles. The van der Waals surface area contributed by atoms with Gasteiger partial charge in [0.1, 0.15) is 0 Å². The molecule has 0 saturated carbocycles. The summed E-state index contributed by atoms with van der Waals surface area (Å²) < 4.78 is 5.19. The molecular weight excluding hydrogens is 216 g/mol. The zero-order valence-corrected chi connectivity index (χ0v) is 11.3. The molecule has 0 aromatic carbocycles. The molecule has 1 aliphatic rings. The number of hydrogen-bond acceptors (Lipinski definition) is 4. The number of nitrogens with zero attached hydrogens (tertiary/aromatic N) is 1. The minimum atomic E-state index is -0.372. The van der Waals surface area contributed by atoms with Gasteiger partial charge >= 0.3 is 0 Å². The van der Waals surface area contributed by atoms with Crippen LogP contribution in [0.15, 0.2) is 0 Å². The van der Waals surface area contributed by atoms with E-state index < -0.39 is 0 Å². The highest BCUT2D eigenvalue weighted by molar-refractivity contribution is 4.77. The molecule has 17 heavy (non-hydrogen) atoms. The third-order valence-corrected chi connectivity index (χ3v) is 3.28. The van der Waals surface area contributed by atoms with Gasteiger partial charge in [0.15, 0.2) is 0 Å². The third kappa shape index (κ3) is 6.36. The van der Waals surface area contributed by atoms with E-state index in [9.17, 15) is 5.11 Å². The fourth-order valence-corrected chi connectivity index (χ4v) is 2.29. The molecule has 1 unspecified atom stereocenters. The first-order valence-electron chi connectivity index (χ1n) is 6.97. The van der Waals surface area contributed by atoms with Crippen LogP contribution >= 0.6 is 0 Å². The Labute approximate surface area is 105 Å². The van der Waals surface area contributed by atoms with E-state index in [0.29, 0.717) is 25.8 Å². The molecule has 0 bridgehead atoms. The Morgan fingerprint density at radius 2 is 2.06 bits per heavy atom. The van der Waals surface area contributed by atoms with E-state index in [0.717, 1.165) is 0 Å². The van der Waals surface area contributed by atoms with Crippen molar-refractivity contribution in [2.24, 2.45) is 0 Å². The molecule has 2 N–H and O–H groups in total. The second-order valence-corrected chi connectivity index (χ2v) is 4.84. The van der Waals surface area contributed by atoms with Crippen LogP contribution < -0.4 is 5.32 Å². The Morgan fingerprint density at radius 1 is 1.35 bits per heavy atom. The third-order valence-electron chi connectivity index (χ3n) is 3.28. The van der Waals surface area contributed by atoms with Crippen LogP contribution in [0.2, 0.25) is 0 Å². The second-order valence-electron chi connectivity index (χ2n) is 4.84. The van der Waals surface area contributed by atoms with E-state index in [-0.39, 0.29) is 6.10 Å². The molecule has 1 saturated heterocycles. The van der Waals surface area contributed by atoms with Crippen molar-refractivity contribution in [3.63, 3.8) is 0 Å². The zero-order valence-electron chi connectivity index (χ0n) is 11.3. The molecule has 102 valence electrons. The SMILES string of the molecule is CCCN1CCC(NCC(O)COCC)CC1. The number of aliphatic hydroxyl groups is 1. The number of ether oxygens (including phenoxy) is 1. The Kier molecular flexibility index (Phi) is 7.77. The highest BCUT2D eigenvalue weighted by Gasteiger charge is 2.18. The van der Waals surface area contributed by atoms with Gasteiger partial charge in [-0.2, -0.15) is 0 Å². The number of nitrogens with one attached hydrogen (secondary N) is 1. The summed E-state index contributed by atoms with van der Waals surface area (Å²) in [5.74, 6) is 0. The van der Waals surface area contributed by atoms with Crippen LogP contribution in [0.4, 0.5) is 0 Å². The summed E-state index contributed by atoms with van der Waals surface area (Å²) in [5.41, 5.74) is 0. The van der Waals surface area contributed by atoms with Gasteiger partial charge < -0.3 is 20.1 Å². The average molecular weight is 244 g/mol. The quantitative estimate of drug-likeness (QED) is 0.664. The normalized spacial score (nSPS) is 20.6. The van der Waals surface area contributed by atoms with Gasteiger partial charge in [-0.3, -0.25) is 0 Å². The van der Waals surface area contributed by atoms with Crippen molar-refractivity contribution in [3.05, 3.63) is 0 Å². The molecule has 4 nitrogen and oxygen atoms in total. The molecule has 1 heterocycles. The minimum Gasteiger partial charge on any atom is -0.389 e. The van der Waals surface area contributed by atoms with Gasteiger partial charge in [0.2, 0.25) is 0 Å². The highest BCUT2D eigenvalue weighted by atomic mass is 16.5. The van der Waals surface area contributed by atoms with Gasteiger partial charge in [0.25, 0.3) is 0 Å². The van der Waals surface area contributed by atoms with E-state index in [1.807, 2.05) is 6.92 Å². The van der Waals surface area contributed by atoms with Crippen molar-refractivity contribution < 1.29 is 9.84 Å². The molecule has 0 aromatic rings. The van der Waals surface area contributed by atoms with Crippen LogP contribution in [0.3, 0.4) is 0 Å². The summed E-state index contributed by atoms with van der Waals surface area (Å²) in [5, 5.41) is 13.1. The van der Waals surface area contributed by atoms with Gasteiger partial charge in [-0.25, -0.2) is 0 Å². The van der Waals surface area contributed by atoms with Crippen molar-refractivity contribution in [2.75, 3.05) is 39.4 Å². The van der Waals surface area contributed by atoms with Crippen LogP contribution in [0.1, 0.15) is 33.1 Å². The number of rotatable bonds is 8. The predicted molar refractivity (Wildman–Crippen MR) is 70.3 cm³/mol. The lowest BCUT2D eigenvalue weighted by molar-refractivity contribution is 0.0398. The van der Waals surface area contributed by atoms with Crippen LogP contribution in [0.25, 0.3) is 0 Å². The molecule has 1 aliphatic heterocycles. The summed E-state index contributed by atoms with van der Waals surface area (Å²) >= 11 is 0. The standard InChI is InChI=1S/C13H28N2O2/c1-3-7-15-8-5-12(6-9-15)14-10-13(16)11-17-4-2/h12-14,16H,3-11H2,1-2H3. The first-order chi connectivity index (χ1) is 8.26. The van der Waals surface area contributed by atoms with Crippen molar-refractivity contribution in [1.29, 1.82) is 0 Å². The Bertz CT molecular complexity index is 182.